The summed E-state index contributed by atoms with van der Waals surface area (Å²) in [6, 6.07) is 9.36. The Morgan fingerprint density at radius 2 is 2.18 bits per heavy atom. The fourth-order valence-corrected chi connectivity index (χ4v) is 4.69. The van der Waals surface area contributed by atoms with Crippen LogP contribution in [0.5, 0.6) is 0 Å². The molecule has 1 aliphatic heterocycles. The van der Waals surface area contributed by atoms with Crippen molar-refractivity contribution in [3.8, 4) is 0 Å². The molecule has 2 unspecified atom stereocenters. The molecule has 1 saturated heterocycles. The van der Waals surface area contributed by atoms with Gasteiger partial charge in [0.2, 0.25) is 5.91 Å². The van der Waals surface area contributed by atoms with Gasteiger partial charge in [-0.3, -0.25) is 4.79 Å². The first-order valence-corrected chi connectivity index (χ1v) is 10.3. The second-order valence-electron chi connectivity index (χ2n) is 7.76. The van der Waals surface area contributed by atoms with Crippen LogP contribution in [-0.4, -0.2) is 61.1 Å². The predicted octanol–water partition coefficient (Wildman–Crippen LogP) is 2.58. The predicted molar refractivity (Wildman–Crippen MR) is 117 cm³/mol. The third kappa shape index (κ3) is 5.33. The molecule has 154 valence electrons. The molecule has 3 N–H and O–H groups in total. The molecular formula is C21H30ClN3O2S. The summed E-state index contributed by atoms with van der Waals surface area (Å²) >= 11 is 1.73. The molecule has 0 aliphatic carbocycles. The summed E-state index contributed by atoms with van der Waals surface area (Å²) in [7, 11) is 4.06. The number of thiophene rings is 1. The molecular weight excluding hydrogens is 394 g/mol. The summed E-state index contributed by atoms with van der Waals surface area (Å²) < 4.78 is 0. The van der Waals surface area contributed by atoms with Crippen molar-refractivity contribution in [1.29, 1.82) is 0 Å². The molecule has 0 spiro atoms. The van der Waals surface area contributed by atoms with Gasteiger partial charge in [0.25, 0.3) is 0 Å². The molecule has 1 amide bonds. The lowest BCUT2D eigenvalue weighted by Crippen LogP contribution is -2.53. The number of aliphatic hydroxyl groups is 1. The summed E-state index contributed by atoms with van der Waals surface area (Å²) in [6.45, 7) is 3.45. The van der Waals surface area contributed by atoms with Crippen molar-refractivity contribution in [2.75, 3.05) is 40.3 Å². The van der Waals surface area contributed by atoms with E-state index in [-0.39, 0.29) is 18.3 Å². The van der Waals surface area contributed by atoms with Gasteiger partial charge in [-0.15, -0.1) is 12.4 Å². The van der Waals surface area contributed by atoms with E-state index >= 15 is 0 Å². The van der Waals surface area contributed by atoms with E-state index in [1.807, 2.05) is 26.2 Å². The van der Waals surface area contributed by atoms with Crippen LogP contribution < -0.4 is 5.73 Å². The first kappa shape index (κ1) is 22.8. The Morgan fingerprint density at radius 1 is 1.39 bits per heavy atom. The fourth-order valence-electron chi connectivity index (χ4n) is 3.98. The van der Waals surface area contributed by atoms with Gasteiger partial charge in [-0.05, 0) is 67.0 Å². The lowest BCUT2D eigenvalue weighted by Gasteiger charge is -2.46. The molecule has 7 heteroatoms. The lowest BCUT2D eigenvalue weighted by atomic mass is 9.75. The molecule has 0 bridgehead atoms. The Hall–Kier alpha value is -1.44. The van der Waals surface area contributed by atoms with Crippen LogP contribution in [0.2, 0.25) is 0 Å². The average Bonchev–Trinajstić information content (AvgIpc) is 3.15. The van der Waals surface area contributed by atoms with Crippen LogP contribution in [0.1, 0.15) is 27.9 Å². The molecule has 2 atom stereocenters. The van der Waals surface area contributed by atoms with Crippen molar-refractivity contribution in [3.05, 3.63) is 57.8 Å². The maximum absolute atomic E-state index is 11.6. The monoisotopic (exact) mass is 423 g/mol. The Bertz CT molecular complexity index is 769. The number of nitrogens with zero attached hydrogens (tertiary/aromatic N) is 2. The highest BCUT2D eigenvalue weighted by Crippen LogP contribution is 2.38. The molecule has 1 aromatic heterocycles. The number of carbonyl (C=O) groups excluding carboxylic acids is 1. The largest absolute Gasteiger partial charge is 0.385 e. The van der Waals surface area contributed by atoms with Gasteiger partial charge < -0.3 is 20.6 Å². The number of hydrogen-bond acceptors (Lipinski definition) is 5. The van der Waals surface area contributed by atoms with Crippen molar-refractivity contribution in [1.82, 2.24) is 9.80 Å². The topological polar surface area (TPSA) is 69.8 Å². The Morgan fingerprint density at radius 3 is 2.82 bits per heavy atom. The van der Waals surface area contributed by atoms with Crippen molar-refractivity contribution in [2.24, 2.45) is 11.7 Å². The number of nitrogens with two attached hydrogens (primary N) is 1. The second-order valence-corrected chi connectivity index (χ2v) is 8.54. The maximum atomic E-state index is 11.6. The number of amides is 1. The van der Waals surface area contributed by atoms with Gasteiger partial charge in [-0.25, -0.2) is 0 Å². The summed E-state index contributed by atoms with van der Waals surface area (Å²) in [5, 5.41) is 15.9. The highest BCUT2D eigenvalue weighted by molar-refractivity contribution is 7.07. The molecule has 1 aromatic carbocycles. The second kappa shape index (κ2) is 9.85. The molecule has 1 aliphatic rings. The van der Waals surface area contributed by atoms with Crippen LogP contribution in [0.3, 0.4) is 0 Å². The third-order valence-electron chi connectivity index (χ3n) is 5.49. The van der Waals surface area contributed by atoms with Crippen molar-refractivity contribution < 1.29 is 9.90 Å². The number of hydrogen-bond donors (Lipinski definition) is 2. The van der Waals surface area contributed by atoms with E-state index < -0.39 is 11.5 Å². The zero-order valence-electron chi connectivity index (χ0n) is 16.5. The zero-order valence-corrected chi connectivity index (χ0v) is 18.1. The SMILES string of the molecule is CN(C)CC1CN(CCc2ccsc2)CCC1(O)c1cccc(C(N)=O)c1.Cl. The van der Waals surface area contributed by atoms with E-state index in [0.29, 0.717) is 12.0 Å². The quantitative estimate of drug-likeness (QED) is 0.718. The minimum absolute atomic E-state index is 0. The minimum atomic E-state index is -0.950. The molecule has 1 fully saturated rings. The molecule has 2 heterocycles. The van der Waals surface area contributed by atoms with Gasteiger partial charge in [0.05, 0.1) is 5.60 Å². The smallest absolute Gasteiger partial charge is 0.248 e. The van der Waals surface area contributed by atoms with E-state index in [0.717, 1.165) is 38.2 Å². The van der Waals surface area contributed by atoms with Gasteiger partial charge in [-0.2, -0.15) is 11.3 Å². The van der Waals surface area contributed by atoms with Gasteiger partial charge in [0.15, 0.2) is 0 Å². The van der Waals surface area contributed by atoms with E-state index in [1.54, 1.807) is 23.5 Å². The third-order valence-corrected chi connectivity index (χ3v) is 6.22. The van der Waals surface area contributed by atoms with Crippen molar-refractivity contribution in [2.45, 2.75) is 18.4 Å². The maximum Gasteiger partial charge on any atom is 0.248 e. The first-order chi connectivity index (χ1) is 12.9. The van der Waals surface area contributed by atoms with Crippen LogP contribution in [0.15, 0.2) is 41.1 Å². The highest BCUT2D eigenvalue weighted by atomic mass is 35.5. The van der Waals surface area contributed by atoms with E-state index in [2.05, 4.69) is 26.6 Å². The lowest BCUT2D eigenvalue weighted by molar-refractivity contribution is -0.0843. The number of benzene rings is 1. The molecule has 5 nitrogen and oxygen atoms in total. The number of likely N-dealkylation sites (tertiary alicyclic amines) is 1. The number of rotatable bonds is 7. The summed E-state index contributed by atoms with van der Waals surface area (Å²) in [5.41, 5.74) is 7.11. The van der Waals surface area contributed by atoms with E-state index in [4.69, 9.17) is 5.73 Å². The molecule has 2 aromatic rings. The van der Waals surface area contributed by atoms with Crippen LogP contribution in [0, 0.1) is 5.92 Å². The van der Waals surface area contributed by atoms with Gasteiger partial charge >= 0.3 is 0 Å². The van der Waals surface area contributed by atoms with Crippen LogP contribution in [0.25, 0.3) is 0 Å². The Kier molecular flexibility index (Phi) is 8.04. The molecule has 3 rings (SSSR count). The molecule has 0 saturated carbocycles. The number of piperidine rings is 1. The number of carbonyl (C=O) groups is 1. The van der Waals surface area contributed by atoms with Crippen LogP contribution >= 0.6 is 23.7 Å². The normalized spacial score (nSPS) is 22.8. The first-order valence-electron chi connectivity index (χ1n) is 9.39. The highest BCUT2D eigenvalue weighted by Gasteiger charge is 2.43. The summed E-state index contributed by atoms with van der Waals surface area (Å²) in [4.78, 5) is 16.1. The zero-order chi connectivity index (χ0) is 19.4. The average molecular weight is 424 g/mol. The van der Waals surface area contributed by atoms with Crippen LogP contribution in [-0.2, 0) is 12.0 Å². The fraction of sp³-hybridized carbons (Fsp3) is 0.476. The van der Waals surface area contributed by atoms with Gasteiger partial charge in [0.1, 0.15) is 0 Å². The van der Waals surface area contributed by atoms with E-state index in [1.165, 1.54) is 5.56 Å². The standard InChI is InChI=1S/C21H29N3O2S.ClH/c1-23(2)13-19-14-24(9-6-16-7-11-27-15-16)10-8-21(19,26)18-5-3-4-17(12-18)20(22)25;/h3-5,7,11-12,15,19,26H,6,8-10,13-14H2,1-2H3,(H2,22,25);1H. The number of primary amides is 1. The van der Waals surface area contributed by atoms with E-state index in [9.17, 15) is 9.90 Å². The Balaban J connectivity index is 0.00000280. The number of halogens is 1. The van der Waals surface area contributed by atoms with Crippen molar-refractivity contribution >= 4 is 29.7 Å². The molecule has 28 heavy (non-hydrogen) atoms. The Labute approximate surface area is 177 Å². The van der Waals surface area contributed by atoms with Crippen molar-refractivity contribution in [3.63, 3.8) is 0 Å². The summed E-state index contributed by atoms with van der Waals surface area (Å²) in [6.07, 6.45) is 1.69. The van der Waals surface area contributed by atoms with Crippen LogP contribution in [0.4, 0.5) is 0 Å². The van der Waals surface area contributed by atoms with Gasteiger partial charge in [0, 0.05) is 37.7 Å². The summed E-state index contributed by atoms with van der Waals surface area (Å²) in [5.74, 6) is -0.398. The molecule has 0 radical (unpaired) electrons. The van der Waals surface area contributed by atoms with Gasteiger partial charge in [-0.1, -0.05) is 12.1 Å². The minimum Gasteiger partial charge on any atom is -0.385 e.